The van der Waals surface area contributed by atoms with E-state index in [1.54, 1.807) is 0 Å². The average molecular weight is 372 g/mol. The Labute approximate surface area is 152 Å². The van der Waals surface area contributed by atoms with Gasteiger partial charge in [0.1, 0.15) is 5.69 Å². The molecule has 0 aliphatic heterocycles. The Kier molecular flexibility index (Phi) is 5.01. The third-order valence-corrected chi connectivity index (χ3v) is 6.01. The van der Waals surface area contributed by atoms with Crippen LogP contribution in [0.15, 0.2) is 48.5 Å². The molecule has 0 spiro atoms. The fourth-order valence-corrected chi connectivity index (χ4v) is 4.24. The summed E-state index contributed by atoms with van der Waals surface area (Å²) in [6, 6.07) is 15.0. The summed E-state index contributed by atoms with van der Waals surface area (Å²) in [7, 11) is -1.16. The average Bonchev–Trinajstić information content (AvgIpc) is 2.99. The van der Waals surface area contributed by atoms with Crippen molar-refractivity contribution in [3.05, 3.63) is 59.7 Å². The van der Waals surface area contributed by atoms with E-state index in [0.717, 1.165) is 11.1 Å². The first-order valence-corrected chi connectivity index (χ1v) is 9.62. The lowest BCUT2D eigenvalue weighted by Crippen LogP contribution is -2.10. The molecule has 3 aromatic rings. The van der Waals surface area contributed by atoms with Crippen LogP contribution in [0.1, 0.15) is 11.1 Å². The molecule has 3 rings (SSSR count). The van der Waals surface area contributed by atoms with Gasteiger partial charge in [-0.3, -0.25) is 4.57 Å². The van der Waals surface area contributed by atoms with E-state index in [2.05, 4.69) is 5.10 Å². The predicted molar refractivity (Wildman–Crippen MR) is 101 cm³/mol. The monoisotopic (exact) mass is 372 g/mol. The normalized spacial score (nSPS) is 11.7. The molecule has 0 saturated heterocycles. The molecule has 0 radical (unpaired) electrons. The molecule has 0 amide bonds. The standard InChI is InChI=1S/C19H21N2O4P/c1-13-10-14(2)12-16(11-13)21-19(22)18(26(23,24-3)25-4)17(20-21)15-8-6-5-7-9-15/h5-12,22H,1-4H3. The first-order valence-electron chi connectivity index (χ1n) is 8.07. The molecule has 1 N–H and O–H groups in total. The molecule has 0 fully saturated rings. The SMILES string of the molecule is COP(=O)(OC)c1c(-c2ccccc2)nn(-c2cc(C)cc(C)c2)c1O. The van der Waals surface area contributed by atoms with E-state index in [9.17, 15) is 9.67 Å². The molecule has 0 unspecified atom stereocenters. The third-order valence-electron chi connectivity index (χ3n) is 4.09. The highest BCUT2D eigenvalue weighted by Gasteiger charge is 2.36. The van der Waals surface area contributed by atoms with E-state index in [-0.39, 0.29) is 11.2 Å². The minimum Gasteiger partial charge on any atom is -0.493 e. The Morgan fingerprint density at radius 2 is 1.58 bits per heavy atom. The number of rotatable bonds is 5. The topological polar surface area (TPSA) is 73.6 Å². The Morgan fingerprint density at radius 1 is 1.00 bits per heavy atom. The lowest BCUT2D eigenvalue weighted by molar-refractivity contribution is 0.286. The number of aromatic hydroxyl groups is 1. The van der Waals surface area contributed by atoms with Crippen LogP contribution < -0.4 is 5.30 Å². The largest absolute Gasteiger partial charge is 0.493 e. The van der Waals surface area contributed by atoms with Crippen molar-refractivity contribution < 1.29 is 18.7 Å². The Balaban J connectivity index is 2.32. The van der Waals surface area contributed by atoms with Crippen LogP contribution in [0.2, 0.25) is 0 Å². The van der Waals surface area contributed by atoms with E-state index in [0.29, 0.717) is 16.9 Å². The van der Waals surface area contributed by atoms with Crippen LogP contribution in [0.3, 0.4) is 0 Å². The summed E-state index contributed by atoms with van der Waals surface area (Å²) < 4.78 is 24.7. The summed E-state index contributed by atoms with van der Waals surface area (Å²) in [6.07, 6.45) is 0. The van der Waals surface area contributed by atoms with Gasteiger partial charge < -0.3 is 14.2 Å². The first kappa shape index (κ1) is 18.4. The van der Waals surface area contributed by atoms with Crippen molar-refractivity contribution >= 4 is 12.9 Å². The highest BCUT2D eigenvalue weighted by atomic mass is 31.2. The van der Waals surface area contributed by atoms with Crippen LogP contribution >= 0.6 is 7.60 Å². The van der Waals surface area contributed by atoms with Crippen LogP contribution in [0, 0.1) is 13.8 Å². The van der Waals surface area contributed by atoms with Gasteiger partial charge in [0.15, 0.2) is 5.30 Å². The van der Waals surface area contributed by atoms with Gasteiger partial charge >= 0.3 is 7.60 Å². The fraction of sp³-hybridized carbons (Fsp3) is 0.211. The zero-order chi connectivity index (χ0) is 18.9. The summed E-state index contributed by atoms with van der Waals surface area (Å²) in [6.45, 7) is 3.93. The van der Waals surface area contributed by atoms with Gasteiger partial charge in [-0.05, 0) is 37.1 Å². The molecule has 2 aromatic carbocycles. The molecule has 0 aliphatic carbocycles. The minimum atomic E-state index is -3.73. The molecule has 1 aromatic heterocycles. The molecular formula is C19H21N2O4P. The zero-order valence-corrected chi connectivity index (χ0v) is 16.0. The van der Waals surface area contributed by atoms with Crippen molar-refractivity contribution in [2.45, 2.75) is 13.8 Å². The highest BCUT2D eigenvalue weighted by Crippen LogP contribution is 2.50. The third kappa shape index (κ3) is 3.19. The highest BCUT2D eigenvalue weighted by molar-refractivity contribution is 7.62. The van der Waals surface area contributed by atoms with Gasteiger partial charge in [-0.25, -0.2) is 0 Å². The lowest BCUT2D eigenvalue weighted by Gasteiger charge is -2.14. The number of hydrogen-bond donors (Lipinski definition) is 1. The van der Waals surface area contributed by atoms with Crippen molar-refractivity contribution in [3.8, 4) is 22.8 Å². The van der Waals surface area contributed by atoms with Crippen molar-refractivity contribution in [1.82, 2.24) is 9.78 Å². The van der Waals surface area contributed by atoms with Crippen molar-refractivity contribution in [3.63, 3.8) is 0 Å². The van der Waals surface area contributed by atoms with Crippen LogP contribution in [0.5, 0.6) is 5.88 Å². The summed E-state index contributed by atoms with van der Waals surface area (Å²) in [5.41, 5.74) is 3.78. The van der Waals surface area contributed by atoms with Gasteiger partial charge in [0.25, 0.3) is 0 Å². The van der Waals surface area contributed by atoms with E-state index in [4.69, 9.17) is 9.05 Å². The van der Waals surface area contributed by atoms with E-state index >= 15 is 0 Å². The molecule has 0 aliphatic rings. The fourth-order valence-electron chi connectivity index (χ4n) is 2.95. The second kappa shape index (κ2) is 7.08. The van der Waals surface area contributed by atoms with Crippen LogP contribution in [0.25, 0.3) is 16.9 Å². The summed E-state index contributed by atoms with van der Waals surface area (Å²) in [4.78, 5) is 0. The Morgan fingerprint density at radius 3 is 2.12 bits per heavy atom. The molecule has 136 valence electrons. The predicted octanol–water partition coefficient (Wildman–Crippen LogP) is 3.97. The molecule has 0 saturated carbocycles. The van der Waals surface area contributed by atoms with Gasteiger partial charge in [0.2, 0.25) is 5.88 Å². The second-order valence-corrected chi connectivity index (χ2v) is 8.18. The first-order chi connectivity index (χ1) is 12.4. The number of aromatic nitrogens is 2. The van der Waals surface area contributed by atoms with Crippen LogP contribution in [-0.2, 0) is 13.6 Å². The number of benzene rings is 2. The lowest BCUT2D eigenvalue weighted by atomic mass is 10.1. The van der Waals surface area contributed by atoms with E-state index < -0.39 is 7.60 Å². The van der Waals surface area contributed by atoms with Gasteiger partial charge in [0, 0.05) is 19.8 Å². The second-order valence-electron chi connectivity index (χ2n) is 6.01. The molecule has 1 heterocycles. The summed E-state index contributed by atoms with van der Waals surface area (Å²) in [5, 5.41) is 15.5. The molecule has 0 bridgehead atoms. The van der Waals surface area contributed by atoms with E-state index in [1.807, 2.05) is 62.4 Å². The van der Waals surface area contributed by atoms with Gasteiger partial charge in [-0.2, -0.15) is 9.78 Å². The minimum absolute atomic E-state index is 0.0489. The molecular weight excluding hydrogens is 351 g/mol. The van der Waals surface area contributed by atoms with Crippen molar-refractivity contribution in [2.24, 2.45) is 0 Å². The van der Waals surface area contributed by atoms with Gasteiger partial charge in [0.05, 0.1) is 5.69 Å². The summed E-state index contributed by atoms with van der Waals surface area (Å²) in [5.74, 6) is -0.263. The maximum atomic E-state index is 13.1. The van der Waals surface area contributed by atoms with E-state index in [1.165, 1.54) is 18.9 Å². The number of nitrogens with zero attached hydrogens (tertiary/aromatic N) is 2. The smallest absolute Gasteiger partial charge is 0.368 e. The molecule has 26 heavy (non-hydrogen) atoms. The summed E-state index contributed by atoms with van der Waals surface area (Å²) >= 11 is 0. The maximum absolute atomic E-state index is 13.1. The number of aryl methyl sites for hydroxylation is 2. The van der Waals surface area contributed by atoms with Crippen molar-refractivity contribution in [1.29, 1.82) is 0 Å². The Bertz CT molecular complexity index is 954. The van der Waals surface area contributed by atoms with Crippen LogP contribution in [0.4, 0.5) is 0 Å². The molecule has 6 nitrogen and oxygen atoms in total. The maximum Gasteiger partial charge on any atom is 0.368 e. The van der Waals surface area contributed by atoms with Crippen LogP contribution in [-0.4, -0.2) is 29.1 Å². The zero-order valence-electron chi connectivity index (χ0n) is 15.1. The quantitative estimate of drug-likeness (QED) is 0.686. The van der Waals surface area contributed by atoms with Gasteiger partial charge in [-0.1, -0.05) is 36.4 Å². The van der Waals surface area contributed by atoms with Gasteiger partial charge in [-0.15, -0.1) is 0 Å². The van der Waals surface area contributed by atoms with Crippen molar-refractivity contribution in [2.75, 3.05) is 14.2 Å². The molecule has 7 heteroatoms. The Hall–Kier alpha value is -2.40. The molecule has 0 atom stereocenters. The number of hydrogen-bond acceptors (Lipinski definition) is 5.